The van der Waals surface area contributed by atoms with Gasteiger partial charge in [0.1, 0.15) is 0 Å². The largest absolute Gasteiger partial charge is 0.431 e. The molecule has 13 heavy (non-hydrogen) atoms. The molecule has 3 nitrogen and oxygen atoms in total. The third-order valence-electron chi connectivity index (χ3n) is 1.69. The van der Waals surface area contributed by atoms with Gasteiger partial charge in [0, 0.05) is 33.9 Å². The second-order valence-electron chi connectivity index (χ2n) is 2.62. The second-order valence-corrected chi connectivity index (χ2v) is 3.30. The van der Waals surface area contributed by atoms with E-state index in [2.05, 4.69) is 25.9 Å². The lowest BCUT2D eigenvalue weighted by Gasteiger charge is -1.94. The standard InChI is InChI=1S/C9H7BrN2O/c1-6-8(13-9(10)12-6)7-3-2-4-11-5-7/h2-5H,1H3. The summed E-state index contributed by atoms with van der Waals surface area (Å²) in [5, 5.41) is 0. The SMILES string of the molecule is Cc1nc(Br)oc1-c1cccnc1. The Labute approximate surface area is 84.0 Å². The molecule has 0 N–H and O–H groups in total. The van der Waals surface area contributed by atoms with Gasteiger partial charge in [0.2, 0.25) is 0 Å². The van der Waals surface area contributed by atoms with Crippen molar-refractivity contribution in [2.45, 2.75) is 6.92 Å². The minimum Gasteiger partial charge on any atom is -0.431 e. The van der Waals surface area contributed by atoms with Gasteiger partial charge in [0.15, 0.2) is 5.76 Å². The van der Waals surface area contributed by atoms with Crippen LogP contribution in [0.3, 0.4) is 0 Å². The number of aromatic nitrogens is 2. The Hall–Kier alpha value is -1.16. The molecule has 2 heterocycles. The molecule has 0 saturated carbocycles. The fourth-order valence-corrected chi connectivity index (χ4v) is 1.56. The van der Waals surface area contributed by atoms with E-state index in [0.717, 1.165) is 17.0 Å². The lowest BCUT2D eigenvalue weighted by Crippen LogP contribution is -1.79. The molecule has 66 valence electrons. The van der Waals surface area contributed by atoms with Crippen LogP contribution in [0.1, 0.15) is 5.69 Å². The summed E-state index contributed by atoms with van der Waals surface area (Å²) in [5.74, 6) is 0.764. The predicted molar refractivity (Wildman–Crippen MR) is 52.2 cm³/mol. The van der Waals surface area contributed by atoms with E-state index >= 15 is 0 Å². The highest BCUT2D eigenvalue weighted by Gasteiger charge is 2.09. The van der Waals surface area contributed by atoms with Gasteiger partial charge < -0.3 is 4.42 Å². The molecule has 0 fully saturated rings. The Balaban J connectivity index is 2.53. The van der Waals surface area contributed by atoms with E-state index in [4.69, 9.17) is 4.42 Å². The van der Waals surface area contributed by atoms with Gasteiger partial charge in [-0.2, -0.15) is 0 Å². The quantitative estimate of drug-likeness (QED) is 0.767. The maximum absolute atomic E-state index is 5.37. The summed E-state index contributed by atoms with van der Waals surface area (Å²) in [4.78, 5) is 8.62. The summed E-state index contributed by atoms with van der Waals surface area (Å²) in [6.45, 7) is 1.90. The Kier molecular flexibility index (Phi) is 2.14. The summed E-state index contributed by atoms with van der Waals surface area (Å²) >= 11 is 3.18. The lowest BCUT2D eigenvalue weighted by atomic mass is 10.2. The van der Waals surface area contributed by atoms with Gasteiger partial charge in [0.25, 0.3) is 4.80 Å². The maximum Gasteiger partial charge on any atom is 0.264 e. The highest BCUT2D eigenvalue weighted by molar-refractivity contribution is 9.10. The van der Waals surface area contributed by atoms with Gasteiger partial charge in [-0.1, -0.05) is 0 Å². The second kappa shape index (κ2) is 3.30. The number of aryl methyl sites for hydroxylation is 1. The van der Waals surface area contributed by atoms with Crippen molar-refractivity contribution in [2.75, 3.05) is 0 Å². The molecule has 4 heteroatoms. The normalized spacial score (nSPS) is 10.3. The summed E-state index contributed by atoms with van der Waals surface area (Å²) in [6.07, 6.45) is 3.48. The van der Waals surface area contributed by atoms with Crippen molar-refractivity contribution < 1.29 is 4.42 Å². The van der Waals surface area contributed by atoms with E-state index in [0.29, 0.717) is 4.80 Å². The summed E-state index contributed by atoms with van der Waals surface area (Å²) < 4.78 is 5.37. The van der Waals surface area contributed by atoms with Crippen molar-refractivity contribution in [3.8, 4) is 11.3 Å². The minimum atomic E-state index is 0.504. The molecule has 0 atom stereocenters. The average molecular weight is 239 g/mol. The zero-order chi connectivity index (χ0) is 9.26. The van der Waals surface area contributed by atoms with Crippen LogP contribution >= 0.6 is 15.9 Å². The molecular formula is C9H7BrN2O. The maximum atomic E-state index is 5.37. The number of oxazole rings is 1. The molecule has 0 saturated heterocycles. The van der Waals surface area contributed by atoms with Gasteiger partial charge >= 0.3 is 0 Å². The van der Waals surface area contributed by atoms with Gasteiger partial charge in [0.05, 0.1) is 5.69 Å². The smallest absolute Gasteiger partial charge is 0.264 e. The van der Waals surface area contributed by atoms with Crippen LogP contribution < -0.4 is 0 Å². The average Bonchev–Trinajstić information content (AvgIpc) is 2.47. The molecule has 2 aromatic heterocycles. The van der Waals surface area contributed by atoms with E-state index in [1.54, 1.807) is 12.4 Å². The number of nitrogens with zero attached hydrogens (tertiary/aromatic N) is 2. The molecule has 0 radical (unpaired) electrons. The van der Waals surface area contributed by atoms with E-state index < -0.39 is 0 Å². The van der Waals surface area contributed by atoms with Crippen LogP contribution in [0.2, 0.25) is 0 Å². The van der Waals surface area contributed by atoms with Crippen molar-refractivity contribution in [1.82, 2.24) is 9.97 Å². The van der Waals surface area contributed by atoms with Gasteiger partial charge in [-0.25, -0.2) is 4.98 Å². The molecule has 0 aliphatic rings. The molecule has 0 spiro atoms. The van der Waals surface area contributed by atoms with Crippen LogP contribution in [0.5, 0.6) is 0 Å². The zero-order valence-corrected chi connectivity index (χ0v) is 8.58. The Bertz CT molecular complexity index is 411. The van der Waals surface area contributed by atoms with Crippen molar-refractivity contribution in [1.29, 1.82) is 0 Å². The van der Waals surface area contributed by atoms with Crippen molar-refractivity contribution in [3.05, 3.63) is 35.0 Å². The molecule has 2 rings (SSSR count). The zero-order valence-electron chi connectivity index (χ0n) is 6.99. The van der Waals surface area contributed by atoms with E-state index in [1.165, 1.54) is 0 Å². The molecule has 0 aliphatic carbocycles. The van der Waals surface area contributed by atoms with Crippen molar-refractivity contribution in [3.63, 3.8) is 0 Å². The van der Waals surface area contributed by atoms with Crippen molar-refractivity contribution >= 4 is 15.9 Å². The van der Waals surface area contributed by atoms with Gasteiger partial charge in [-0.05, 0) is 19.1 Å². The third kappa shape index (κ3) is 1.62. The summed E-state index contributed by atoms with van der Waals surface area (Å²) in [5.41, 5.74) is 1.80. The highest BCUT2D eigenvalue weighted by Crippen LogP contribution is 2.25. The third-order valence-corrected chi connectivity index (χ3v) is 2.03. The van der Waals surface area contributed by atoms with Crippen LogP contribution in [0.4, 0.5) is 0 Å². The molecular weight excluding hydrogens is 232 g/mol. The summed E-state index contributed by atoms with van der Waals surface area (Å²) in [7, 11) is 0. The van der Waals surface area contributed by atoms with Crippen LogP contribution in [-0.2, 0) is 0 Å². The predicted octanol–water partition coefficient (Wildman–Crippen LogP) is 2.81. The van der Waals surface area contributed by atoms with Crippen LogP contribution in [0.15, 0.2) is 33.7 Å². The molecule has 0 bridgehead atoms. The first-order chi connectivity index (χ1) is 6.27. The Morgan fingerprint density at radius 3 is 2.85 bits per heavy atom. The Morgan fingerprint density at radius 2 is 2.31 bits per heavy atom. The Morgan fingerprint density at radius 1 is 1.46 bits per heavy atom. The fourth-order valence-electron chi connectivity index (χ4n) is 1.13. The summed E-state index contributed by atoms with van der Waals surface area (Å²) in [6, 6.07) is 3.80. The molecule has 2 aromatic rings. The fraction of sp³-hybridized carbons (Fsp3) is 0.111. The highest BCUT2D eigenvalue weighted by atomic mass is 79.9. The number of pyridine rings is 1. The first-order valence-corrected chi connectivity index (χ1v) is 4.60. The number of halogens is 1. The minimum absolute atomic E-state index is 0.504. The van der Waals surface area contributed by atoms with E-state index in [-0.39, 0.29) is 0 Å². The molecule has 0 aliphatic heterocycles. The molecule has 0 amide bonds. The lowest BCUT2D eigenvalue weighted by molar-refractivity contribution is 0.542. The first kappa shape index (κ1) is 8.44. The van der Waals surface area contributed by atoms with Crippen LogP contribution in [0, 0.1) is 6.92 Å². The number of hydrogen-bond acceptors (Lipinski definition) is 3. The monoisotopic (exact) mass is 238 g/mol. The number of hydrogen-bond donors (Lipinski definition) is 0. The van der Waals surface area contributed by atoms with Crippen molar-refractivity contribution in [2.24, 2.45) is 0 Å². The van der Waals surface area contributed by atoms with E-state index in [9.17, 15) is 0 Å². The van der Waals surface area contributed by atoms with E-state index in [1.807, 2.05) is 19.1 Å². The number of rotatable bonds is 1. The van der Waals surface area contributed by atoms with Crippen LogP contribution in [-0.4, -0.2) is 9.97 Å². The first-order valence-electron chi connectivity index (χ1n) is 3.80. The molecule has 0 unspecified atom stereocenters. The van der Waals surface area contributed by atoms with Crippen LogP contribution in [0.25, 0.3) is 11.3 Å². The van der Waals surface area contributed by atoms with Gasteiger partial charge in [-0.3, -0.25) is 4.98 Å². The molecule has 0 aromatic carbocycles. The topological polar surface area (TPSA) is 38.9 Å². The van der Waals surface area contributed by atoms with Gasteiger partial charge in [-0.15, -0.1) is 0 Å².